The number of carbonyl (C=O) groups is 1. The third-order valence-corrected chi connectivity index (χ3v) is 2.35. The topological polar surface area (TPSA) is 52.3 Å². The third-order valence-electron chi connectivity index (χ3n) is 1.39. The summed E-state index contributed by atoms with van der Waals surface area (Å²) in [5.74, 6) is -0.361. The van der Waals surface area contributed by atoms with Gasteiger partial charge in [-0.05, 0) is 18.4 Å². The van der Waals surface area contributed by atoms with Gasteiger partial charge in [-0.3, -0.25) is 0 Å². The minimum Gasteiger partial charge on any atom is -0.465 e. The summed E-state index contributed by atoms with van der Waals surface area (Å²) in [6, 6.07) is 3.07. The molecular weight excluding hydrogens is 174 g/mol. The van der Waals surface area contributed by atoms with E-state index in [1.165, 1.54) is 11.3 Å². The van der Waals surface area contributed by atoms with Crippen LogP contribution in [0.25, 0.3) is 0 Å². The average Bonchev–Trinajstić information content (AvgIpc) is 2.55. The number of esters is 1. The van der Waals surface area contributed by atoms with E-state index in [1.807, 2.05) is 17.5 Å². The molecule has 0 aliphatic carbocycles. The van der Waals surface area contributed by atoms with Crippen LogP contribution in [0.1, 0.15) is 17.8 Å². The van der Waals surface area contributed by atoms with Crippen LogP contribution in [-0.2, 0) is 9.53 Å². The lowest BCUT2D eigenvalue weighted by molar-refractivity contribution is -0.144. The molecular formula is C8H11NO2S. The van der Waals surface area contributed by atoms with Crippen LogP contribution in [-0.4, -0.2) is 12.6 Å². The Morgan fingerprint density at radius 1 is 1.83 bits per heavy atom. The Hall–Kier alpha value is -0.870. The first kappa shape index (κ1) is 9.22. The van der Waals surface area contributed by atoms with Gasteiger partial charge in [-0.2, -0.15) is 0 Å². The Balaban J connectivity index is 2.59. The summed E-state index contributed by atoms with van der Waals surface area (Å²) < 4.78 is 4.77. The van der Waals surface area contributed by atoms with Gasteiger partial charge in [0.05, 0.1) is 6.61 Å². The number of thiophene rings is 1. The second kappa shape index (κ2) is 4.23. The van der Waals surface area contributed by atoms with E-state index in [-0.39, 0.29) is 5.97 Å². The van der Waals surface area contributed by atoms with Crippen molar-refractivity contribution in [2.75, 3.05) is 6.61 Å². The number of hydrogen-bond donors (Lipinski definition) is 1. The van der Waals surface area contributed by atoms with E-state index in [4.69, 9.17) is 10.5 Å². The SMILES string of the molecule is CCOC(=O)[C@@H](N)c1cccs1. The van der Waals surface area contributed by atoms with Crippen LogP contribution in [0.5, 0.6) is 0 Å². The highest BCUT2D eigenvalue weighted by atomic mass is 32.1. The Morgan fingerprint density at radius 3 is 3.08 bits per heavy atom. The lowest BCUT2D eigenvalue weighted by Gasteiger charge is -2.07. The molecule has 0 saturated carbocycles. The average molecular weight is 185 g/mol. The summed E-state index contributed by atoms with van der Waals surface area (Å²) in [5.41, 5.74) is 5.60. The van der Waals surface area contributed by atoms with Crippen molar-refractivity contribution in [1.29, 1.82) is 0 Å². The highest BCUT2D eigenvalue weighted by Crippen LogP contribution is 2.17. The fraction of sp³-hybridized carbons (Fsp3) is 0.375. The molecule has 2 N–H and O–H groups in total. The van der Waals surface area contributed by atoms with Gasteiger partial charge in [0.15, 0.2) is 0 Å². The van der Waals surface area contributed by atoms with E-state index in [0.29, 0.717) is 6.61 Å². The Labute approximate surface area is 75.1 Å². The van der Waals surface area contributed by atoms with E-state index in [0.717, 1.165) is 4.88 Å². The normalized spacial score (nSPS) is 12.5. The maximum absolute atomic E-state index is 11.1. The van der Waals surface area contributed by atoms with Gasteiger partial charge in [0.2, 0.25) is 0 Å². The van der Waals surface area contributed by atoms with Gasteiger partial charge in [0, 0.05) is 4.88 Å². The molecule has 0 aliphatic rings. The highest BCUT2D eigenvalue weighted by Gasteiger charge is 2.16. The maximum atomic E-state index is 11.1. The number of rotatable bonds is 3. The first-order valence-corrected chi connectivity index (χ1v) is 4.59. The smallest absolute Gasteiger partial charge is 0.328 e. The molecule has 0 unspecified atom stereocenters. The van der Waals surface area contributed by atoms with Gasteiger partial charge in [-0.1, -0.05) is 6.07 Å². The Bertz CT molecular complexity index is 246. The zero-order valence-corrected chi connectivity index (χ0v) is 7.64. The first-order chi connectivity index (χ1) is 5.75. The molecule has 0 saturated heterocycles. The van der Waals surface area contributed by atoms with Crippen LogP contribution in [0.4, 0.5) is 0 Å². The molecule has 0 bridgehead atoms. The lowest BCUT2D eigenvalue weighted by Crippen LogP contribution is -2.22. The zero-order chi connectivity index (χ0) is 8.97. The molecule has 0 amide bonds. The van der Waals surface area contributed by atoms with Crippen molar-refractivity contribution in [1.82, 2.24) is 0 Å². The summed E-state index contributed by atoms with van der Waals surface area (Å²) in [6.07, 6.45) is 0. The number of carbonyl (C=O) groups excluding carboxylic acids is 1. The van der Waals surface area contributed by atoms with Crippen molar-refractivity contribution in [2.45, 2.75) is 13.0 Å². The Kier molecular flexibility index (Phi) is 3.25. The van der Waals surface area contributed by atoms with Crippen molar-refractivity contribution < 1.29 is 9.53 Å². The summed E-state index contributed by atoms with van der Waals surface area (Å²) in [7, 11) is 0. The molecule has 0 aromatic carbocycles. The first-order valence-electron chi connectivity index (χ1n) is 3.71. The number of hydrogen-bond acceptors (Lipinski definition) is 4. The molecule has 3 nitrogen and oxygen atoms in total. The second-order valence-corrected chi connectivity index (χ2v) is 3.22. The quantitative estimate of drug-likeness (QED) is 0.722. The summed E-state index contributed by atoms with van der Waals surface area (Å²) >= 11 is 1.46. The highest BCUT2D eigenvalue weighted by molar-refractivity contribution is 7.10. The molecule has 66 valence electrons. The van der Waals surface area contributed by atoms with E-state index in [9.17, 15) is 4.79 Å². The van der Waals surface area contributed by atoms with Crippen LogP contribution in [0, 0.1) is 0 Å². The molecule has 1 aromatic rings. The monoisotopic (exact) mass is 185 g/mol. The van der Waals surface area contributed by atoms with Gasteiger partial charge in [-0.15, -0.1) is 11.3 Å². The van der Waals surface area contributed by atoms with Crippen LogP contribution in [0.2, 0.25) is 0 Å². The number of nitrogens with two attached hydrogens (primary N) is 1. The molecule has 1 rings (SSSR count). The van der Waals surface area contributed by atoms with Crippen LogP contribution in [0.3, 0.4) is 0 Å². The predicted molar refractivity (Wildman–Crippen MR) is 47.9 cm³/mol. The maximum Gasteiger partial charge on any atom is 0.328 e. The van der Waals surface area contributed by atoms with Gasteiger partial charge in [0.25, 0.3) is 0 Å². The van der Waals surface area contributed by atoms with Gasteiger partial charge in [-0.25, -0.2) is 4.79 Å². The molecule has 1 heterocycles. The molecule has 4 heteroatoms. The molecule has 0 radical (unpaired) electrons. The minimum atomic E-state index is -0.620. The fourth-order valence-corrected chi connectivity index (χ4v) is 1.53. The van der Waals surface area contributed by atoms with E-state index >= 15 is 0 Å². The molecule has 0 spiro atoms. The fourth-order valence-electron chi connectivity index (χ4n) is 0.816. The van der Waals surface area contributed by atoms with Crippen molar-refractivity contribution in [3.8, 4) is 0 Å². The van der Waals surface area contributed by atoms with Gasteiger partial charge < -0.3 is 10.5 Å². The Morgan fingerprint density at radius 2 is 2.58 bits per heavy atom. The molecule has 0 aliphatic heterocycles. The summed E-state index contributed by atoms with van der Waals surface area (Å²) in [6.45, 7) is 2.14. The van der Waals surface area contributed by atoms with Crippen LogP contribution >= 0.6 is 11.3 Å². The van der Waals surface area contributed by atoms with E-state index < -0.39 is 6.04 Å². The van der Waals surface area contributed by atoms with Gasteiger partial charge in [0.1, 0.15) is 6.04 Å². The van der Waals surface area contributed by atoms with E-state index in [2.05, 4.69) is 0 Å². The second-order valence-electron chi connectivity index (χ2n) is 2.25. The number of ether oxygens (including phenoxy) is 1. The molecule has 1 aromatic heterocycles. The van der Waals surface area contributed by atoms with Crippen LogP contribution < -0.4 is 5.73 Å². The van der Waals surface area contributed by atoms with Crippen molar-refractivity contribution in [3.63, 3.8) is 0 Å². The standard InChI is InChI=1S/C8H11NO2S/c1-2-11-8(10)7(9)6-4-3-5-12-6/h3-5,7H,2,9H2,1H3/t7-/m0/s1. The van der Waals surface area contributed by atoms with Crippen molar-refractivity contribution in [3.05, 3.63) is 22.4 Å². The lowest BCUT2D eigenvalue weighted by atomic mass is 10.2. The largest absolute Gasteiger partial charge is 0.465 e. The summed E-state index contributed by atoms with van der Waals surface area (Å²) in [5, 5.41) is 1.88. The minimum absolute atomic E-state index is 0.361. The van der Waals surface area contributed by atoms with Crippen molar-refractivity contribution >= 4 is 17.3 Å². The van der Waals surface area contributed by atoms with Crippen molar-refractivity contribution in [2.24, 2.45) is 5.73 Å². The predicted octanol–water partition coefficient (Wildman–Crippen LogP) is 1.31. The zero-order valence-electron chi connectivity index (χ0n) is 6.82. The molecule has 1 atom stereocenters. The summed E-state index contributed by atoms with van der Waals surface area (Å²) in [4.78, 5) is 11.9. The molecule has 0 fully saturated rings. The molecule has 12 heavy (non-hydrogen) atoms. The van der Waals surface area contributed by atoms with Crippen LogP contribution in [0.15, 0.2) is 17.5 Å². The van der Waals surface area contributed by atoms with E-state index in [1.54, 1.807) is 6.92 Å². The third kappa shape index (κ3) is 2.06. The van der Waals surface area contributed by atoms with Gasteiger partial charge >= 0.3 is 5.97 Å².